The molecule has 2 N–H and O–H groups in total. The van der Waals surface area contributed by atoms with Crippen LogP contribution in [0.25, 0.3) is 0 Å². The van der Waals surface area contributed by atoms with Gasteiger partial charge in [-0.15, -0.1) is 11.3 Å². The summed E-state index contributed by atoms with van der Waals surface area (Å²) in [5.74, 6) is 0. The number of aryl methyl sites for hydroxylation is 1. The van der Waals surface area contributed by atoms with E-state index in [0.29, 0.717) is 0 Å². The molecule has 2 rings (SSSR count). The van der Waals surface area contributed by atoms with Gasteiger partial charge in [-0.25, -0.2) is 4.98 Å². The summed E-state index contributed by atoms with van der Waals surface area (Å²) in [6.07, 6.45) is 1.70. The molecule has 0 aliphatic carbocycles. The molecule has 72 valence electrons. The molecule has 0 unspecified atom stereocenters. The van der Waals surface area contributed by atoms with Crippen molar-refractivity contribution in [3.05, 3.63) is 35.3 Å². The SMILES string of the molecule is Cc1cc(N)cnc1Sc1cccs1. The molecule has 0 fully saturated rings. The normalized spacial score (nSPS) is 10.4. The second kappa shape index (κ2) is 4.02. The first-order valence-corrected chi connectivity index (χ1v) is 5.89. The number of pyridine rings is 1. The van der Waals surface area contributed by atoms with E-state index in [1.807, 2.05) is 19.1 Å². The third-order valence-electron chi connectivity index (χ3n) is 1.74. The van der Waals surface area contributed by atoms with Crippen LogP contribution in [0.2, 0.25) is 0 Å². The van der Waals surface area contributed by atoms with E-state index >= 15 is 0 Å². The van der Waals surface area contributed by atoms with E-state index in [0.717, 1.165) is 16.3 Å². The van der Waals surface area contributed by atoms with Crippen molar-refractivity contribution in [1.82, 2.24) is 4.98 Å². The van der Waals surface area contributed by atoms with Crippen LogP contribution in [0.15, 0.2) is 39.0 Å². The van der Waals surface area contributed by atoms with Crippen LogP contribution in [0.4, 0.5) is 5.69 Å². The summed E-state index contributed by atoms with van der Waals surface area (Å²) >= 11 is 3.40. The number of anilines is 1. The summed E-state index contributed by atoms with van der Waals surface area (Å²) in [6, 6.07) is 6.08. The number of aromatic nitrogens is 1. The van der Waals surface area contributed by atoms with Crippen molar-refractivity contribution >= 4 is 28.8 Å². The predicted octanol–water partition coefficient (Wildman–Crippen LogP) is 3.18. The van der Waals surface area contributed by atoms with E-state index in [4.69, 9.17) is 5.73 Å². The molecule has 0 radical (unpaired) electrons. The van der Waals surface area contributed by atoms with Crippen LogP contribution in [-0.2, 0) is 0 Å². The quantitative estimate of drug-likeness (QED) is 0.848. The molecule has 0 aliphatic heterocycles. The number of nitrogens with zero attached hydrogens (tertiary/aromatic N) is 1. The lowest BCUT2D eigenvalue weighted by molar-refractivity contribution is 1.08. The third-order valence-corrected chi connectivity index (χ3v) is 3.90. The molecular weight excluding hydrogens is 212 g/mol. The Balaban J connectivity index is 2.25. The molecule has 0 atom stereocenters. The van der Waals surface area contributed by atoms with Crippen LogP contribution in [0.1, 0.15) is 5.56 Å². The molecule has 2 aromatic heterocycles. The van der Waals surface area contributed by atoms with Crippen molar-refractivity contribution in [3.63, 3.8) is 0 Å². The maximum Gasteiger partial charge on any atom is 0.105 e. The van der Waals surface area contributed by atoms with Gasteiger partial charge >= 0.3 is 0 Å². The highest BCUT2D eigenvalue weighted by Gasteiger charge is 2.03. The Kier molecular flexibility index (Phi) is 2.74. The zero-order chi connectivity index (χ0) is 9.97. The van der Waals surface area contributed by atoms with Crippen LogP contribution < -0.4 is 5.73 Å². The van der Waals surface area contributed by atoms with E-state index in [1.165, 1.54) is 4.21 Å². The highest BCUT2D eigenvalue weighted by molar-refractivity contribution is 8.01. The zero-order valence-corrected chi connectivity index (χ0v) is 9.36. The van der Waals surface area contributed by atoms with E-state index in [-0.39, 0.29) is 0 Å². The molecule has 2 heterocycles. The zero-order valence-electron chi connectivity index (χ0n) is 7.73. The van der Waals surface area contributed by atoms with Crippen molar-refractivity contribution in [2.24, 2.45) is 0 Å². The second-order valence-electron chi connectivity index (χ2n) is 2.92. The van der Waals surface area contributed by atoms with E-state index in [2.05, 4.69) is 16.4 Å². The predicted molar refractivity (Wildman–Crippen MR) is 61.8 cm³/mol. The Morgan fingerprint density at radius 2 is 2.36 bits per heavy atom. The van der Waals surface area contributed by atoms with Gasteiger partial charge in [0, 0.05) is 0 Å². The van der Waals surface area contributed by atoms with Crippen molar-refractivity contribution in [2.45, 2.75) is 16.2 Å². The van der Waals surface area contributed by atoms with E-state index < -0.39 is 0 Å². The van der Waals surface area contributed by atoms with Crippen molar-refractivity contribution < 1.29 is 0 Å². The molecule has 2 nitrogen and oxygen atoms in total. The minimum absolute atomic E-state index is 0.720. The molecule has 0 spiro atoms. The van der Waals surface area contributed by atoms with Gasteiger partial charge < -0.3 is 5.73 Å². The molecule has 14 heavy (non-hydrogen) atoms. The molecule has 4 heteroatoms. The first-order valence-electron chi connectivity index (χ1n) is 4.19. The van der Waals surface area contributed by atoms with Gasteiger partial charge in [0.05, 0.1) is 16.1 Å². The number of rotatable bonds is 2. The van der Waals surface area contributed by atoms with Crippen molar-refractivity contribution in [3.8, 4) is 0 Å². The average Bonchev–Trinajstić information content (AvgIpc) is 2.62. The molecule has 0 saturated carbocycles. The lowest BCUT2D eigenvalue weighted by Crippen LogP contribution is -1.90. The van der Waals surface area contributed by atoms with Gasteiger partial charge in [-0.3, -0.25) is 0 Å². The van der Waals surface area contributed by atoms with Crippen LogP contribution in [0.3, 0.4) is 0 Å². The number of nitrogens with two attached hydrogens (primary N) is 1. The van der Waals surface area contributed by atoms with Gasteiger partial charge in [-0.05, 0) is 30.0 Å². The van der Waals surface area contributed by atoms with Gasteiger partial charge in [0.25, 0.3) is 0 Å². The lowest BCUT2D eigenvalue weighted by atomic mass is 10.3. The lowest BCUT2D eigenvalue weighted by Gasteiger charge is -2.02. The third kappa shape index (κ3) is 2.08. The summed E-state index contributed by atoms with van der Waals surface area (Å²) in [5, 5.41) is 3.09. The van der Waals surface area contributed by atoms with E-state index in [1.54, 1.807) is 29.3 Å². The number of nitrogen functional groups attached to an aromatic ring is 1. The van der Waals surface area contributed by atoms with Crippen LogP contribution in [-0.4, -0.2) is 4.98 Å². The first-order chi connectivity index (χ1) is 6.75. The molecular formula is C10H10N2S2. The maximum absolute atomic E-state index is 5.63. The Morgan fingerprint density at radius 1 is 1.50 bits per heavy atom. The summed E-state index contributed by atoms with van der Waals surface area (Å²) in [5.41, 5.74) is 7.48. The Labute approximate surface area is 91.2 Å². The highest BCUT2D eigenvalue weighted by atomic mass is 32.2. The summed E-state index contributed by atoms with van der Waals surface area (Å²) < 4.78 is 1.25. The van der Waals surface area contributed by atoms with Gasteiger partial charge in [-0.1, -0.05) is 17.8 Å². The molecule has 0 aliphatic rings. The largest absolute Gasteiger partial charge is 0.397 e. The standard InChI is InChI=1S/C10H10N2S2/c1-7-5-8(11)6-12-10(7)14-9-3-2-4-13-9/h2-6H,11H2,1H3. The van der Waals surface area contributed by atoms with Gasteiger partial charge in [0.1, 0.15) is 5.03 Å². The summed E-state index contributed by atoms with van der Waals surface area (Å²) in [4.78, 5) is 4.30. The van der Waals surface area contributed by atoms with Crippen molar-refractivity contribution in [1.29, 1.82) is 0 Å². The minimum atomic E-state index is 0.720. The van der Waals surface area contributed by atoms with Crippen molar-refractivity contribution in [2.75, 3.05) is 5.73 Å². The Bertz CT molecular complexity index is 424. The Morgan fingerprint density at radius 3 is 3.00 bits per heavy atom. The van der Waals surface area contributed by atoms with Gasteiger partial charge in [-0.2, -0.15) is 0 Å². The smallest absolute Gasteiger partial charge is 0.105 e. The topological polar surface area (TPSA) is 38.9 Å². The molecule has 2 aromatic rings. The monoisotopic (exact) mass is 222 g/mol. The van der Waals surface area contributed by atoms with Crippen LogP contribution >= 0.6 is 23.1 Å². The van der Waals surface area contributed by atoms with Crippen LogP contribution in [0.5, 0.6) is 0 Å². The first kappa shape index (κ1) is 9.55. The molecule has 0 saturated heterocycles. The molecule has 0 bridgehead atoms. The molecule has 0 aromatic carbocycles. The molecule has 0 amide bonds. The fraction of sp³-hybridized carbons (Fsp3) is 0.100. The second-order valence-corrected chi connectivity index (χ2v) is 5.16. The fourth-order valence-electron chi connectivity index (χ4n) is 1.11. The van der Waals surface area contributed by atoms with E-state index in [9.17, 15) is 0 Å². The maximum atomic E-state index is 5.63. The number of thiophene rings is 1. The number of hydrogen-bond acceptors (Lipinski definition) is 4. The van der Waals surface area contributed by atoms with Gasteiger partial charge in [0.15, 0.2) is 0 Å². The fourth-order valence-corrected chi connectivity index (χ4v) is 2.81. The highest BCUT2D eigenvalue weighted by Crippen LogP contribution is 2.32. The van der Waals surface area contributed by atoms with Crippen LogP contribution in [0, 0.1) is 6.92 Å². The summed E-state index contributed by atoms with van der Waals surface area (Å²) in [7, 11) is 0. The minimum Gasteiger partial charge on any atom is -0.397 e. The van der Waals surface area contributed by atoms with Gasteiger partial charge in [0.2, 0.25) is 0 Å². The number of hydrogen-bond donors (Lipinski definition) is 1. The average molecular weight is 222 g/mol. The Hall–Kier alpha value is -1.00. The summed E-state index contributed by atoms with van der Waals surface area (Å²) in [6.45, 7) is 2.03.